The van der Waals surface area contributed by atoms with Gasteiger partial charge in [0, 0.05) is 12.8 Å². The highest BCUT2D eigenvalue weighted by molar-refractivity contribution is 5.71. The van der Waals surface area contributed by atoms with Crippen molar-refractivity contribution in [2.24, 2.45) is 0 Å². The smallest absolute Gasteiger partial charge is 0.361 e. The standard InChI is InChI=1S/C90H169NO8/c1-6-8-10-12-14-16-18-20-22-24-26-28-30-32-34-36-38-40-41-42-43-44-45-46-47-49-50-52-54-56-58-60-62-64-66-68-70-72-74-76-78-80-87(92)97-84-86(85-98-90(89(94)95)96-83-82-91(3,4)5)99-88(93)81-79-77-75-73-71-69-67-65-63-61-59-57-55-53-51-48-39-37-35-33-31-29-27-25-23-21-19-17-15-13-11-9-7-2/h9,11,15,17,21,23,27,29,86,90H,6-8,10,12-14,16,18-20,22,24-26,28,30-85H2,1-5H3/p+1/b11-9-,17-15-,23-21-,29-27-. The second-order valence-corrected chi connectivity index (χ2v) is 31.2. The fraction of sp³-hybridized carbons (Fsp3) is 0.878. The van der Waals surface area contributed by atoms with E-state index >= 15 is 0 Å². The molecule has 9 heteroatoms. The molecule has 0 aromatic heterocycles. The quantitative estimate of drug-likeness (QED) is 0.0211. The molecule has 0 saturated carbocycles. The molecule has 0 aromatic rings. The molecule has 582 valence electrons. The summed E-state index contributed by atoms with van der Waals surface area (Å²) in [5.74, 6) is -1.97. The van der Waals surface area contributed by atoms with Crippen molar-refractivity contribution in [2.75, 3.05) is 47.5 Å². The van der Waals surface area contributed by atoms with E-state index in [0.717, 1.165) is 64.2 Å². The van der Waals surface area contributed by atoms with E-state index in [1.165, 1.54) is 360 Å². The van der Waals surface area contributed by atoms with Crippen molar-refractivity contribution in [3.8, 4) is 0 Å². The molecule has 1 N–H and O–H groups in total. The Bertz CT molecular complexity index is 1770. The number of ether oxygens (including phenoxy) is 4. The molecule has 2 atom stereocenters. The van der Waals surface area contributed by atoms with Gasteiger partial charge in [-0.25, -0.2) is 4.79 Å². The topological polar surface area (TPSA) is 108 Å². The lowest BCUT2D eigenvalue weighted by Crippen LogP contribution is -2.40. The van der Waals surface area contributed by atoms with Crippen molar-refractivity contribution < 1.29 is 42.9 Å². The molecule has 0 spiro atoms. The summed E-state index contributed by atoms with van der Waals surface area (Å²) in [6.07, 6.45) is 105. The number of carbonyl (C=O) groups excluding carboxylic acids is 2. The number of carbonyl (C=O) groups is 3. The van der Waals surface area contributed by atoms with Gasteiger partial charge in [0.15, 0.2) is 6.10 Å². The van der Waals surface area contributed by atoms with Gasteiger partial charge in [0.1, 0.15) is 13.2 Å². The molecule has 0 rings (SSSR count). The SMILES string of the molecule is CC/C=C\C/C=C\C/C=C\C/C=C\CCCCCCCCCCCCCCCCCCCCCCC(=O)OC(COC(=O)CCCCCCCCCCCCCCCCCCCCCCCCCCCCCCCCCCCCCCCCCCC)COC(OCC[N+](C)(C)C)C(=O)O. The maximum absolute atomic E-state index is 13.0. The second-order valence-electron chi connectivity index (χ2n) is 31.2. The summed E-state index contributed by atoms with van der Waals surface area (Å²) in [5, 5.41) is 9.79. The highest BCUT2D eigenvalue weighted by atomic mass is 16.7. The summed E-state index contributed by atoms with van der Waals surface area (Å²) in [5.41, 5.74) is 0. The molecule has 0 radical (unpaired) electrons. The zero-order chi connectivity index (χ0) is 71.8. The Balaban J connectivity index is 3.89. The van der Waals surface area contributed by atoms with Gasteiger partial charge in [-0.05, 0) is 51.4 Å². The molecule has 0 bridgehead atoms. The molecule has 0 aromatic carbocycles. The van der Waals surface area contributed by atoms with Crippen LogP contribution in [0.3, 0.4) is 0 Å². The molecule has 0 amide bonds. The number of rotatable bonds is 83. The van der Waals surface area contributed by atoms with Crippen LogP contribution in [0, 0.1) is 0 Å². The normalized spacial score (nSPS) is 12.8. The minimum absolute atomic E-state index is 0.175. The average Bonchev–Trinajstić information content (AvgIpc) is 1.57. The van der Waals surface area contributed by atoms with E-state index in [-0.39, 0.29) is 38.2 Å². The lowest BCUT2D eigenvalue weighted by Gasteiger charge is -2.25. The zero-order valence-corrected chi connectivity index (χ0v) is 66.9. The number of unbranched alkanes of at least 4 members (excludes halogenated alkanes) is 60. The first-order valence-corrected chi connectivity index (χ1v) is 43.8. The number of allylic oxidation sites excluding steroid dienone is 8. The van der Waals surface area contributed by atoms with Gasteiger partial charge in [-0.1, -0.05) is 435 Å². The molecule has 9 nitrogen and oxygen atoms in total. The Labute approximate surface area is 616 Å². The predicted octanol–water partition coefficient (Wildman–Crippen LogP) is 28.4. The highest BCUT2D eigenvalue weighted by Crippen LogP contribution is 2.21. The zero-order valence-electron chi connectivity index (χ0n) is 66.9. The molecule has 0 fully saturated rings. The van der Waals surface area contributed by atoms with Gasteiger partial charge in [0.05, 0.1) is 34.4 Å². The molecule has 99 heavy (non-hydrogen) atoms. The predicted molar refractivity (Wildman–Crippen MR) is 429 cm³/mol. The van der Waals surface area contributed by atoms with Crippen LogP contribution in [-0.4, -0.2) is 87.4 Å². The molecular formula is C90H170NO8+. The first kappa shape index (κ1) is 96.2. The maximum atomic E-state index is 13.0. The van der Waals surface area contributed by atoms with E-state index < -0.39 is 18.4 Å². The Kier molecular flexibility index (Phi) is 78.7. The number of hydrogen-bond donors (Lipinski definition) is 1. The molecular weight excluding hydrogens is 1220 g/mol. The lowest BCUT2D eigenvalue weighted by molar-refractivity contribution is -0.870. The molecule has 2 unspecified atom stereocenters. The van der Waals surface area contributed by atoms with Crippen LogP contribution in [0.5, 0.6) is 0 Å². The number of esters is 2. The van der Waals surface area contributed by atoms with E-state index in [4.69, 9.17) is 18.9 Å². The highest BCUT2D eigenvalue weighted by Gasteiger charge is 2.25. The molecule has 0 aliphatic rings. The summed E-state index contributed by atoms with van der Waals surface area (Å²) >= 11 is 0. The second kappa shape index (κ2) is 80.9. The third-order valence-corrected chi connectivity index (χ3v) is 20.1. The largest absolute Gasteiger partial charge is 0.477 e. The van der Waals surface area contributed by atoms with Crippen LogP contribution in [0.1, 0.15) is 450 Å². The fourth-order valence-electron chi connectivity index (χ4n) is 13.5. The van der Waals surface area contributed by atoms with Gasteiger partial charge in [0.25, 0.3) is 6.29 Å². The van der Waals surface area contributed by atoms with Gasteiger partial charge in [-0.2, -0.15) is 0 Å². The van der Waals surface area contributed by atoms with Crippen molar-refractivity contribution in [3.05, 3.63) is 48.6 Å². The third-order valence-electron chi connectivity index (χ3n) is 20.1. The monoisotopic (exact) mass is 1390 g/mol. The van der Waals surface area contributed by atoms with E-state index in [0.29, 0.717) is 17.4 Å². The van der Waals surface area contributed by atoms with E-state index in [1.807, 2.05) is 21.1 Å². The minimum Gasteiger partial charge on any atom is -0.477 e. The van der Waals surface area contributed by atoms with Crippen LogP contribution in [0.15, 0.2) is 48.6 Å². The van der Waals surface area contributed by atoms with Crippen LogP contribution >= 0.6 is 0 Å². The fourth-order valence-corrected chi connectivity index (χ4v) is 13.5. The number of carboxylic acids is 1. The van der Waals surface area contributed by atoms with Crippen molar-refractivity contribution in [1.82, 2.24) is 0 Å². The van der Waals surface area contributed by atoms with Gasteiger partial charge >= 0.3 is 17.9 Å². The molecule has 0 saturated heterocycles. The van der Waals surface area contributed by atoms with Crippen molar-refractivity contribution >= 4 is 17.9 Å². The Morgan fingerprint density at radius 1 is 0.313 bits per heavy atom. The van der Waals surface area contributed by atoms with Crippen LogP contribution in [-0.2, 0) is 33.3 Å². The number of carboxylic acid groups (broad SMARTS) is 1. The molecule has 0 heterocycles. The number of aliphatic carboxylic acids is 1. The summed E-state index contributed by atoms with van der Waals surface area (Å²) in [6, 6.07) is 0. The number of nitrogens with zero attached hydrogens (tertiary/aromatic N) is 1. The number of hydrogen-bond acceptors (Lipinski definition) is 7. The van der Waals surface area contributed by atoms with Crippen molar-refractivity contribution in [2.45, 2.75) is 463 Å². The van der Waals surface area contributed by atoms with Gasteiger partial charge in [-0.15, -0.1) is 0 Å². The van der Waals surface area contributed by atoms with Crippen molar-refractivity contribution in [1.29, 1.82) is 0 Å². The van der Waals surface area contributed by atoms with Gasteiger partial charge < -0.3 is 28.5 Å². The summed E-state index contributed by atoms with van der Waals surface area (Å²) in [4.78, 5) is 37.8. The van der Waals surface area contributed by atoms with Crippen LogP contribution in [0.2, 0.25) is 0 Å². The summed E-state index contributed by atoms with van der Waals surface area (Å²) < 4.78 is 23.1. The summed E-state index contributed by atoms with van der Waals surface area (Å²) in [6.45, 7) is 4.85. The first-order valence-electron chi connectivity index (χ1n) is 43.8. The number of likely N-dealkylation sites (N-methyl/N-ethyl adjacent to an activating group) is 1. The van der Waals surface area contributed by atoms with Crippen LogP contribution < -0.4 is 0 Å². The average molecular weight is 1390 g/mol. The van der Waals surface area contributed by atoms with Crippen LogP contribution in [0.4, 0.5) is 0 Å². The third kappa shape index (κ3) is 82.4. The van der Waals surface area contributed by atoms with Gasteiger partial charge in [0.2, 0.25) is 0 Å². The van der Waals surface area contributed by atoms with Gasteiger partial charge in [-0.3, -0.25) is 9.59 Å². The van der Waals surface area contributed by atoms with E-state index in [9.17, 15) is 19.5 Å². The number of quaternary nitrogens is 1. The Hall–Kier alpha value is -2.75. The first-order chi connectivity index (χ1) is 48.6. The molecule has 0 aliphatic carbocycles. The van der Waals surface area contributed by atoms with E-state index in [1.54, 1.807) is 0 Å². The van der Waals surface area contributed by atoms with Crippen LogP contribution in [0.25, 0.3) is 0 Å². The maximum Gasteiger partial charge on any atom is 0.361 e. The van der Waals surface area contributed by atoms with Crippen molar-refractivity contribution in [3.63, 3.8) is 0 Å². The van der Waals surface area contributed by atoms with E-state index in [2.05, 4.69) is 62.5 Å². The summed E-state index contributed by atoms with van der Waals surface area (Å²) in [7, 11) is 6.00. The Morgan fingerprint density at radius 2 is 0.576 bits per heavy atom. The molecule has 0 aliphatic heterocycles. The lowest BCUT2D eigenvalue weighted by atomic mass is 10.0. The Morgan fingerprint density at radius 3 is 0.859 bits per heavy atom. The minimum atomic E-state index is -1.51.